The fourth-order valence-electron chi connectivity index (χ4n) is 2.34. The predicted molar refractivity (Wildman–Crippen MR) is 91.2 cm³/mol. The zero-order chi connectivity index (χ0) is 14.8. The summed E-state index contributed by atoms with van der Waals surface area (Å²) in [6.07, 6.45) is 0.393. The van der Waals surface area contributed by atoms with Gasteiger partial charge in [-0.3, -0.25) is 4.79 Å². The van der Waals surface area contributed by atoms with E-state index < -0.39 is 0 Å². The number of aromatic amines is 1. The van der Waals surface area contributed by atoms with Crippen molar-refractivity contribution in [3.63, 3.8) is 0 Å². The van der Waals surface area contributed by atoms with Crippen LogP contribution in [0.2, 0.25) is 0 Å². The van der Waals surface area contributed by atoms with Gasteiger partial charge in [0, 0.05) is 34.0 Å². The van der Waals surface area contributed by atoms with Crippen molar-refractivity contribution in [2.75, 3.05) is 11.1 Å². The van der Waals surface area contributed by atoms with Gasteiger partial charge in [0.2, 0.25) is 5.91 Å². The van der Waals surface area contributed by atoms with Crippen molar-refractivity contribution in [2.45, 2.75) is 13.3 Å². The molecule has 0 unspecified atom stereocenters. The number of hydrogen-bond donors (Lipinski definition) is 3. The highest BCUT2D eigenvalue weighted by Gasteiger charge is 2.14. The fraction of sp³-hybridized carbons (Fsp3) is 0.200. The van der Waals surface area contributed by atoms with E-state index in [-0.39, 0.29) is 5.91 Å². The fourth-order valence-corrected chi connectivity index (χ4v) is 3.26. The number of amides is 1. The maximum absolute atomic E-state index is 11.6. The number of nitrogens with zero attached hydrogens (tertiary/aromatic N) is 1. The zero-order valence-electron chi connectivity index (χ0n) is 11.5. The molecule has 3 aromatic rings. The molecule has 2 N–H and O–H groups in total. The molecule has 2 aromatic heterocycles. The summed E-state index contributed by atoms with van der Waals surface area (Å²) in [5, 5.41) is 6.55. The molecule has 21 heavy (non-hydrogen) atoms. The number of H-pyrrole nitrogens is 1. The Balaban J connectivity index is 1.95. The summed E-state index contributed by atoms with van der Waals surface area (Å²) in [6, 6.07) is 8.15. The number of aryl methyl sites for hydroxylation is 1. The molecular formula is C15H15N3OS2. The van der Waals surface area contributed by atoms with Gasteiger partial charge in [0.05, 0.1) is 5.69 Å². The quantitative estimate of drug-likeness (QED) is 0.640. The van der Waals surface area contributed by atoms with E-state index in [2.05, 4.69) is 34.0 Å². The number of carbonyl (C=O) groups is 1. The minimum absolute atomic E-state index is 0.0541. The van der Waals surface area contributed by atoms with E-state index in [1.807, 2.05) is 30.5 Å². The van der Waals surface area contributed by atoms with E-state index in [1.54, 1.807) is 0 Å². The van der Waals surface area contributed by atoms with Gasteiger partial charge in [-0.1, -0.05) is 18.2 Å². The van der Waals surface area contributed by atoms with Gasteiger partial charge in [-0.25, -0.2) is 4.98 Å². The van der Waals surface area contributed by atoms with Crippen molar-refractivity contribution >= 4 is 45.9 Å². The highest BCUT2D eigenvalue weighted by molar-refractivity contribution is 7.80. The van der Waals surface area contributed by atoms with Gasteiger partial charge in [0.1, 0.15) is 0 Å². The third-order valence-corrected chi connectivity index (χ3v) is 4.22. The Morgan fingerprint density at radius 2 is 2.24 bits per heavy atom. The van der Waals surface area contributed by atoms with Crippen LogP contribution in [0, 0.1) is 6.92 Å². The summed E-state index contributed by atoms with van der Waals surface area (Å²) >= 11 is 5.49. The monoisotopic (exact) mass is 317 g/mol. The SMILES string of the molecule is Cc1[nH]c2ccccc2c1-c1csc(NC(=O)CCS)n1. The number of thiol groups is 1. The van der Waals surface area contributed by atoms with E-state index in [4.69, 9.17) is 0 Å². The van der Waals surface area contributed by atoms with Crippen LogP contribution in [0.25, 0.3) is 22.2 Å². The lowest BCUT2D eigenvalue weighted by Gasteiger charge is -1.99. The first kappa shape index (κ1) is 14.2. The molecule has 6 heteroatoms. The van der Waals surface area contributed by atoms with E-state index in [0.717, 1.165) is 27.9 Å². The largest absolute Gasteiger partial charge is 0.358 e. The van der Waals surface area contributed by atoms with Gasteiger partial charge in [-0.15, -0.1) is 11.3 Å². The summed E-state index contributed by atoms with van der Waals surface area (Å²) in [6.45, 7) is 2.04. The van der Waals surface area contributed by atoms with Crippen molar-refractivity contribution < 1.29 is 4.79 Å². The number of benzene rings is 1. The predicted octanol–water partition coefficient (Wildman–Crippen LogP) is 3.86. The van der Waals surface area contributed by atoms with Crippen LogP contribution in [0.5, 0.6) is 0 Å². The minimum atomic E-state index is -0.0541. The molecule has 3 rings (SSSR count). The van der Waals surface area contributed by atoms with Crippen molar-refractivity contribution in [2.24, 2.45) is 0 Å². The average Bonchev–Trinajstić information content (AvgIpc) is 3.01. The van der Waals surface area contributed by atoms with Crippen LogP contribution < -0.4 is 5.32 Å². The number of carbonyl (C=O) groups excluding carboxylic acids is 1. The number of nitrogens with one attached hydrogen (secondary N) is 2. The molecule has 0 aliphatic carbocycles. The molecule has 2 heterocycles. The summed E-state index contributed by atoms with van der Waals surface area (Å²) < 4.78 is 0. The number of aromatic nitrogens is 2. The van der Waals surface area contributed by atoms with Crippen molar-refractivity contribution in [3.8, 4) is 11.3 Å². The number of rotatable bonds is 4. The third kappa shape index (κ3) is 2.82. The summed E-state index contributed by atoms with van der Waals surface area (Å²) in [5.41, 5.74) is 4.15. The Hall–Kier alpha value is -1.79. The average molecular weight is 317 g/mol. The molecule has 1 amide bonds. The van der Waals surface area contributed by atoms with Gasteiger partial charge < -0.3 is 10.3 Å². The first-order valence-corrected chi connectivity index (χ1v) is 8.14. The van der Waals surface area contributed by atoms with Crippen molar-refractivity contribution in [1.29, 1.82) is 0 Å². The number of fused-ring (bicyclic) bond motifs is 1. The normalized spacial score (nSPS) is 11.0. The molecule has 0 fully saturated rings. The smallest absolute Gasteiger partial charge is 0.226 e. The van der Waals surface area contributed by atoms with Crippen molar-refractivity contribution in [1.82, 2.24) is 9.97 Å². The molecule has 0 aliphatic heterocycles. The lowest BCUT2D eigenvalue weighted by atomic mass is 10.1. The van der Waals surface area contributed by atoms with E-state index >= 15 is 0 Å². The maximum Gasteiger partial charge on any atom is 0.226 e. The van der Waals surface area contributed by atoms with Gasteiger partial charge in [-0.05, 0) is 18.7 Å². The Kier molecular flexibility index (Phi) is 3.98. The number of para-hydroxylation sites is 1. The lowest BCUT2D eigenvalue weighted by Crippen LogP contribution is -2.11. The highest BCUT2D eigenvalue weighted by atomic mass is 32.1. The Bertz CT molecular complexity index is 791. The lowest BCUT2D eigenvalue weighted by molar-refractivity contribution is -0.115. The van der Waals surface area contributed by atoms with Crippen LogP contribution in [0.1, 0.15) is 12.1 Å². The van der Waals surface area contributed by atoms with Gasteiger partial charge >= 0.3 is 0 Å². The topological polar surface area (TPSA) is 57.8 Å². The summed E-state index contributed by atoms with van der Waals surface area (Å²) in [5.74, 6) is 0.479. The highest BCUT2D eigenvalue weighted by Crippen LogP contribution is 2.33. The molecule has 0 saturated carbocycles. The number of thiazole rings is 1. The van der Waals surface area contributed by atoms with Crippen LogP contribution in [-0.4, -0.2) is 21.6 Å². The van der Waals surface area contributed by atoms with Crippen LogP contribution in [0.4, 0.5) is 5.13 Å². The molecule has 0 saturated heterocycles. The van der Waals surface area contributed by atoms with Gasteiger partial charge in [0.25, 0.3) is 0 Å². The van der Waals surface area contributed by atoms with E-state index in [1.165, 1.54) is 11.3 Å². The number of anilines is 1. The second-order valence-electron chi connectivity index (χ2n) is 4.73. The molecule has 0 bridgehead atoms. The Morgan fingerprint density at radius 3 is 3.05 bits per heavy atom. The van der Waals surface area contributed by atoms with Crippen molar-refractivity contribution in [3.05, 3.63) is 35.3 Å². The molecule has 0 atom stereocenters. The molecule has 0 aliphatic rings. The summed E-state index contributed by atoms with van der Waals surface area (Å²) in [7, 11) is 0. The number of hydrogen-bond acceptors (Lipinski definition) is 4. The van der Waals surface area contributed by atoms with E-state index in [0.29, 0.717) is 17.3 Å². The molecule has 1 aromatic carbocycles. The Labute approximate surface area is 132 Å². The van der Waals surface area contributed by atoms with Crippen LogP contribution in [0.15, 0.2) is 29.6 Å². The molecular weight excluding hydrogens is 302 g/mol. The Morgan fingerprint density at radius 1 is 1.43 bits per heavy atom. The third-order valence-electron chi connectivity index (χ3n) is 3.24. The van der Waals surface area contributed by atoms with Crippen LogP contribution >= 0.6 is 24.0 Å². The first-order chi connectivity index (χ1) is 10.2. The van der Waals surface area contributed by atoms with E-state index in [9.17, 15) is 4.79 Å². The molecule has 0 radical (unpaired) electrons. The van der Waals surface area contributed by atoms with Crippen LogP contribution in [-0.2, 0) is 4.79 Å². The summed E-state index contributed by atoms with van der Waals surface area (Å²) in [4.78, 5) is 19.5. The first-order valence-electron chi connectivity index (χ1n) is 6.63. The van der Waals surface area contributed by atoms with Crippen LogP contribution in [0.3, 0.4) is 0 Å². The molecule has 0 spiro atoms. The second-order valence-corrected chi connectivity index (χ2v) is 6.04. The second kappa shape index (κ2) is 5.91. The molecule has 108 valence electrons. The standard InChI is InChI=1S/C15H15N3OS2/c1-9-14(10-4-2-3-5-11(10)16-9)12-8-21-15(17-12)18-13(19)6-7-20/h2-5,8,16,20H,6-7H2,1H3,(H,17,18,19). The van der Waals surface area contributed by atoms with Gasteiger partial charge in [-0.2, -0.15) is 12.6 Å². The zero-order valence-corrected chi connectivity index (χ0v) is 13.2. The minimum Gasteiger partial charge on any atom is -0.358 e. The maximum atomic E-state index is 11.6. The van der Waals surface area contributed by atoms with Gasteiger partial charge in [0.15, 0.2) is 5.13 Å². The molecule has 4 nitrogen and oxygen atoms in total.